The van der Waals surface area contributed by atoms with Gasteiger partial charge < -0.3 is 4.42 Å². The Hall–Kier alpha value is -7.17. The molecule has 2 heterocycles. The van der Waals surface area contributed by atoms with Gasteiger partial charge in [0.1, 0.15) is 11.2 Å². The molecular weight excluding hydrogens is 647 g/mol. The highest BCUT2D eigenvalue weighted by Crippen LogP contribution is 2.39. The van der Waals surface area contributed by atoms with Gasteiger partial charge in [0.05, 0.1) is 0 Å². The van der Waals surface area contributed by atoms with Crippen molar-refractivity contribution in [1.82, 2.24) is 15.0 Å². The van der Waals surface area contributed by atoms with E-state index >= 15 is 0 Å². The minimum atomic E-state index is 0.616. The first-order valence-electron chi connectivity index (χ1n) is 17.9. The maximum atomic E-state index is 6.28. The second-order valence-electron chi connectivity index (χ2n) is 13.6. The van der Waals surface area contributed by atoms with Gasteiger partial charge in [-0.1, -0.05) is 140 Å². The molecule has 0 radical (unpaired) electrons. The Kier molecular flexibility index (Phi) is 6.52. The number of benzene rings is 9. The highest BCUT2D eigenvalue weighted by Gasteiger charge is 2.19. The van der Waals surface area contributed by atoms with Crippen LogP contribution >= 0.6 is 0 Å². The summed E-state index contributed by atoms with van der Waals surface area (Å²) in [5, 5.41) is 11.3. The number of fused-ring (bicyclic) bond motifs is 8. The molecule has 53 heavy (non-hydrogen) atoms. The first kappa shape index (κ1) is 29.5. The van der Waals surface area contributed by atoms with Gasteiger partial charge in [0.25, 0.3) is 0 Å². The van der Waals surface area contributed by atoms with Crippen molar-refractivity contribution in [1.29, 1.82) is 0 Å². The fourth-order valence-electron chi connectivity index (χ4n) is 7.96. The van der Waals surface area contributed by atoms with Crippen LogP contribution in [-0.4, -0.2) is 15.0 Å². The van der Waals surface area contributed by atoms with Crippen molar-refractivity contribution in [3.8, 4) is 45.3 Å². The van der Waals surface area contributed by atoms with E-state index < -0.39 is 0 Å². The lowest BCUT2D eigenvalue weighted by molar-refractivity contribution is 0.669. The SMILES string of the molecule is c1ccc(-c2ccc(-c3nc(-c4ccc5cc6c(cc5c4)oc4ccccc46)nc(-c4cc5ccccc5c5ccccc45)n3)c3ccccc23)cc1. The zero-order valence-corrected chi connectivity index (χ0v) is 28.5. The average Bonchev–Trinajstić information content (AvgIpc) is 3.59. The normalized spacial score (nSPS) is 11.8. The van der Waals surface area contributed by atoms with E-state index in [0.29, 0.717) is 17.5 Å². The Morgan fingerprint density at radius 2 is 0.887 bits per heavy atom. The van der Waals surface area contributed by atoms with Crippen molar-refractivity contribution in [3.05, 3.63) is 176 Å². The highest BCUT2D eigenvalue weighted by molar-refractivity contribution is 6.14. The Bertz CT molecular complexity index is 3240. The molecule has 0 aliphatic carbocycles. The molecule has 4 nitrogen and oxygen atoms in total. The van der Waals surface area contributed by atoms with Crippen molar-refractivity contribution in [3.63, 3.8) is 0 Å². The quantitative estimate of drug-likeness (QED) is 0.174. The van der Waals surface area contributed by atoms with Gasteiger partial charge in [-0.2, -0.15) is 0 Å². The molecule has 9 aromatic carbocycles. The third kappa shape index (κ3) is 4.80. The van der Waals surface area contributed by atoms with E-state index in [9.17, 15) is 0 Å². The number of furan rings is 1. The van der Waals surface area contributed by atoms with E-state index in [2.05, 4.69) is 164 Å². The molecule has 4 heteroatoms. The van der Waals surface area contributed by atoms with Crippen molar-refractivity contribution in [2.45, 2.75) is 0 Å². The van der Waals surface area contributed by atoms with Crippen LogP contribution in [0.3, 0.4) is 0 Å². The molecule has 0 unspecified atom stereocenters. The predicted molar refractivity (Wildman–Crippen MR) is 219 cm³/mol. The van der Waals surface area contributed by atoms with Crippen LogP contribution in [-0.2, 0) is 0 Å². The van der Waals surface area contributed by atoms with Crippen LogP contribution in [0.1, 0.15) is 0 Å². The molecular formula is C49H29N3O. The maximum Gasteiger partial charge on any atom is 0.164 e. The number of nitrogens with zero attached hydrogens (tertiary/aromatic N) is 3. The van der Waals surface area contributed by atoms with E-state index in [1.54, 1.807) is 0 Å². The largest absolute Gasteiger partial charge is 0.456 e. The summed E-state index contributed by atoms with van der Waals surface area (Å²) in [4.78, 5) is 15.8. The molecule has 0 aliphatic rings. The van der Waals surface area contributed by atoms with Gasteiger partial charge >= 0.3 is 0 Å². The van der Waals surface area contributed by atoms with E-state index in [0.717, 1.165) is 70.9 Å². The minimum Gasteiger partial charge on any atom is -0.456 e. The van der Waals surface area contributed by atoms with E-state index in [4.69, 9.17) is 19.4 Å². The van der Waals surface area contributed by atoms with E-state index in [-0.39, 0.29) is 0 Å². The second kappa shape index (κ2) is 11.7. The van der Waals surface area contributed by atoms with Crippen LogP contribution in [0.4, 0.5) is 0 Å². The van der Waals surface area contributed by atoms with Gasteiger partial charge in [-0.15, -0.1) is 0 Å². The molecule has 0 spiro atoms. The molecule has 11 rings (SSSR count). The van der Waals surface area contributed by atoms with Gasteiger partial charge in [-0.3, -0.25) is 0 Å². The van der Waals surface area contributed by atoms with Crippen LogP contribution in [0.25, 0.3) is 110 Å². The maximum absolute atomic E-state index is 6.28. The topological polar surface area (TPSA) is 51.8 Å². The lowest BCUT2D eigenvalue weighted by atomic mass is 9.94. The molecule has 0 saturated heterocycles. The number of para-hydroxylation sites is 1. The van der Waals surface area contributed by atoms with Gasteiger partial charge in [0.15, 0.2) is 17.5 Å². The van der Waals surface area contributed by atoms with Gasteiger partial charge in [-0.05, 0) is 90.6 Å². The minimum absolute atomic E-state index is 0.616. The Morgan fingerprint density at radius 1 is 0.283 bits per heavy atom. The summed E-state index contributed by atoms with van der Waals surface area (Å²) < 4.78 is 6.28. The Morgan fingerprint density at radius 3 is 1.70 bits per heavy atom. The molecule has 0 fully saturated rings. The third-order valence-electron chi connectivity index (χ3n) is 10.5. The van der Waals surface area contributed by atoms with Crippen LogP contribution in [0.5, 0.6) is 0 Å². The molecule has 246 valence electrons. The Labute approximate surface area is 304 Å². The zero-order valence-electron chi connectivity index (χ0n) is 28.5. The lowest BCUT2D eigenvalue weighted by Gasteiger charge is -2.14. The third-order valence-corrected chi connectivity index (χ3v) is 10.5. The van der Waals surface area contributed by atoms with Gasteiger partial charge in [-0.25, -0.2) is 15.0 Å². The van der Waals surface area contributed by atoms with Crippen LogP contribution in [0.15, 0.2) is 180 Å². The fraction of sp³-hybridized carbons (Fsp3) is 0. The summed E-state index contributed by atoms with van der Waals surface area (Å²) in [5.41, 5.74) is 6.93. The summed E-state index contributed by atoms with van der Waals surface area (Å²) >= 11 is 0. The molecule has 11 aromatic rings. The first-order valence-corrected chi connectivity index (χ1v) is 17.9. The van der Waals surface area contributed by atoms with E-state index in [1.807, 2.05) is 12.1 Å². The second-order valence-corrected chi connectivity index (χ2v) is 13.6. The van der Waals surface area contributed by atoms with Crippen LogP contribution in [0, 0.1) is 0 Å². The van der Waals surface area contributed by atoms with Gasteiger partial charge in [0.2, 0.25) is 0 Å². The number of aromatic nitrogens is 3. The van der Waals surface area contributed by atoms with Crippen LogP contribution in [0.2, 0.25) is 0 Å². The molecule has 0 saturated carbocycles. The van der Waals surface area contributed by atoms with Crippen molar-refractivity contribution >= 4 is 65.0 Å². The molecule has 0 bridgehead atoms. The summed E-state index contributed by atoms with van der Waals surface area (Å²) in [7, 11) is 0. The summed E-state index contributed by atoms with van der Waals surface area (Å²) in [6, 6.07) is 61.7. The number of hydrogen-bond acceptors (Lipinski definition) is 4. The zero-order chi connectivity index (χ0) is 34.9. The van der Waals surface area contributed by atoms with Gasteiger partial charge in [0, 0.05) is 27.5 Å². The standard InChI is InChI=1S/C49H29N3O/c1-2-12-30(13-3-1)36-24-25-42(39-18-8-6-17-38(36)39)48-50-47(33-23-22-31-27-43-41-20-10-11-21-45(41)53-46(43)29-34(31)26-33)51-49(52-48)44-28-32-14-4-5-15-35(32)37-16-7-9-19-40(37)44/h1-29H. The fourth-order valence-corrected chi connectivity index (χ4v) is 7.96. The summed E-state index contributed by atoms with van der Waals surface area (Å²) in [6.07, 6.45) is 0. The smallest absolute Gasteiger partial charge is 0.164 e. The predicted octanol–water partition coefficient (Wildman–Crippen LogP) is 13.1. The summed E-state index contributed by atoms with van der Waals surface area (Å²) in [6.45, 7) is 0. The molecule has 0 N–H and O–H groups in total. The van der Waals surface area contributed by atoms with Crippen molar-refractivity contribution < 1.29 is 4.42 Å². The first-order chi connectivity index (χ1) is 26.2. The van der Waals surface area contributed by atoms with Crippen LogP contribution < -0.4 is 0 Å². The molecule has 0 atom stereocenters. The van der Waals surface area contributed by atoms with E-state index in [1.165, 1.54) is 21.9 Å². The highest BCUT2D eigenvalue weighted by atomic mass is 16.3. The lowest BCUT2D eigenvalue weighted by Crippen LogP contribution is -2.01. The average molecular weight is 676 g/mol. The molecule has 2 aromatic heterocycles. The monoisotopic (exact) mass is 675 g/mol. The van der Waals surface area contributed by atoms with Crippen molar-refractivity contribution in [2.75, 3.05) is 0 Å². The molecule has 0 aliphatic heterocycles. The number of hydrogen-bond donors (Lipinski definition) is 0. The van der Waals surface area contributed by atoms with Crippen molar-refractivity contribution in [2.24, 2.45) is 0 Å². The molecule has 0 amide bonds. The number of rotatable bonds is 4. The summed E-state index contributed by atoms with van der Waals surface area (Å²) in [5.74, 6) is 1.88. The Balaban J connectivity index is 1.17.